The van der Waals surface area contributed by atoms with E-state index in [0.29, 0.717) is 16.9 Å². The minimum Gasteiger partial charge on any atom is -0.462 e. The van der Waals surface area contributed by atoms with E-state index < -0.39 is 5.97 Å². The number of carbonyl (C=O) groups excluding carboxylic acids is 2. The number of esters is 1. The molecule has 19 heavy (non-hydrogen) atoms. The lowest BCUT2D eigenvalue weighted by molar-refractivity contribution is -0.102. The van der Waals surface area contributed by atoms with Gasteiger partial charge in [0.1, 0.15) is 5.00 Å². The highest BCUT2D eigenvalue weighted by Crippen LogP contribution is 2.32. The van der Waals surface area contributed by atoms with Crippen LogP contribution >= 0.6 is 23.6 Å². The summed E-state index contributed by atoms with van der Waals surface area (Å²) in [6.45, 7) is 3.95. The van der Waals surface area contributed by atoms with Crippen LogP contribution in [-0.2, 0) is 16.0 Å². The van der Waals surface area contributed by atoms with Crippen LogP contribution in [0.2, 0.25) is 0 Å². The number of carbonyl (C=O) groups is 2. The minimum atomic E-state index is -0.470. The predicted octanol–water partition coefficient (Wildman–Crippen LogP) is 1.20. The molecule has 0 aromatic carbocycles. The molecular formula is C11H15N3O3S2. The van der Waals surface area contributed by atoms with Crippen LogP contribution in [0.15, 0.2) is 6.07 Å². The van der Waals surface area contributed by atoms with E-state index in [1.165, 1.54) is 16.3 Å². The topological polar surface area (TPSA) is 84.7 Å². The predicted molar refractivity (Wildman–Crippen MR) is 78.1 cm³/mol. The number of ether oxygens (including phenoxy) is 1. The van der Waals surface area contributed by atoms with Gasteiger partial charge < -0.3 is 4.74 Å². The largest absolute Gasteiger partial charge is 0.462 e. The van der Waals surface area contributed by atoms with Crippen molar-refractivity contribution < 1.29 is 14.3 Å². The number of hydrazine groups is 2. The van der Waals surface area contributed by atoms with Crippen LogP contribution in [0.25, 0.3) is 0 Å². The molecule has 0 atom stereocenters. The molecule has 0 unspecified atom stereocenters. The SMILES string of the molecule is CCOC(=O)c1cc(CC)sc1N(NN)C(=S)C=O. The van der Waals surface area contributed by atoms with Crippen LogP contribution in [0.1, 0.15) is 29.1 Å². The average molecular weight is 301 g/mol. The van der Waals surface area contributed by atoms with Crippen LogP contribution in [0.5, 0.6) is 0 Å². The van der Waals surface area contributed by atoms with Crippen LogP contribution in [-0.4, -0.2) is 23.9 Å². The number of hydrogen-bond donors (Lipinski definition) is 2. The summed E-state index contributed by atoms with van der Waals surface area (Å²) in [6, 6.07) is 1.72. The van der Waals surface area contributed by atoms with Crippen molar-refractivity contribution in [1.82, 2.24) is 5.53 Å². The molecule has 0 saturated carbocycles. The quantitative estimate of drug-likeness (QED) is 0.268. The van der Waals surface area contributed by atoms with Gasteiger partial charge in [-0.1, -0.05) is 19.1 Å². The second-order valence-corrected chi connectivity index (χ2v) is 4.96. The lowest BCUT2D eigenvalue weighted by Gasteiger charge is -2.19. The number of aryl methyl sites for hydroxylation is 1. The first-order valence-corrected chi connectivity index (χ1v) is 6.86. The number of nitrogens with two attached hydrogens (primary N) is 1. The molecule has 1 rings (SSSR count). The maximum Gasteiger partial charge on any atom is 0.341 e. The van der Waals surface area contributed by atoms with Crippen molar-refractivity contribution in [3.8, 4) is 0 Å². The van der Waals surface area contributed by atoms with E-state index in [-0.39, 0.29) is 11.6 Å². The smallest absolute Gasteiger partial charge is 0.341 e. The summed E-state index contributed by atoms with van der Waals surface area (Å²) in [5.74, 6) is 4.89. The van der Waals surface area contributed by atoms with Crippen molar-refractivity contribution in [1.29, 1.82) is 0 Å². The molecule has 0 bridgehead atoms. The van der Waals surface area contributed by atoms with Gasteiger partial charge >= 0.3 is 5.97 Å². The van der Waals surface area contributed by atoms with Gasteiger partial charge in [-0.15, -0.1) is 11.3 Å². The number of nitrogens with one attached hydrogen (secondary N) is 1. The molecule has 0 aliphatic rings. The Morgan fingerprint density at radius 2 is 2.32 bits per heavy atom. The number of rotatable bonds is 6. The van der Waals surface area contributed by atoms with E-state index >= 15 is 0 Å². The van der Waals surface area contributed by atoms with E-state index in [9.17, 15) is 9.59 Å². The molecule has 6 nitrogen and oxygen atoms in total. The first-order valence-electron chi connectivity index (χ1n) is 5.64. The third kappa shape index (κ3) is 3.57. The second-order valence-electron chi connectivity index (χ2n) is 3.43. The van der Waals surface area contributed by atoms with E-state index in [4.69, 9.17) is 22.8 Å². The fraction of sp³-hybridized carbons (Fsp3) is 0.364. The minimum absolute atomic E-state index is 0.0578. The van der Waals surface area contributed by atoms with E-state index in [1.54, 1.807) is 13.0 Å². The van der Waals surface area contributed by atoms with Gasteiger partial charge in [-0.25, -0.2) is 9.80 Å². The Morgan fingerprint density at radius 1 is 1.63 bits per heavy atom. The lowest BCUT2D eigenvalue weighted by atomic mass is 10.2. The van der Waals surface area contributed by atoms with Crippen molar-refractivity contribution in [2.24, 2.45) is 5.84 Å². The summed E-state index contributed by atoms with van der Waals surface area (Å²) in [5.41, 5.74) is 2.65. The number of thiocarbonyl (C=S) groups is 1. The molecule has 0 aliphatic heterocycles. The first-order chi connectivity index (χ1) is 9.08. The molecule has 1 aromatic heterocycles. The maximum atomic E-state index is 11.9. The Labute approximate surface area is 120 Å². The van der Waals surface area contributed by atoms with Crippen LogP contribution in [0.4, 0.5) is 5.00 Å². The van der Waals surface area contributed by atoms with Gasteiger partial charge in [-0.3, -0.25) is 10.6 Å². The first kappa shape index (κ1) is 15.7. The van der Waals surface area contributed by atoms with Crippen molar-refractivity contribution in [3.05, 3.63) is 16.5 Å². The Kier molecular flexibility index (Phi) is 6.03. The number of aldehydes is 1. The molecule has 0 aliphatic carbocycles. The van der Waals surface area contributed by atoms with Crippen molar-refractivity contribution in [3.63, 3.8) is 0 Å². The fourth-order valence-electron chi connectivity index (χ4n) is 1.40. The fourth-order valence-corrected chi connectivity index (χ4v) is 2.67. The van der Waals surface area contributed by atoms with Crippen molar-refractivity contribution in [2.75, 3.05) is 11.6 Å². The van der Waals surface area contributed by atoms with Gasteiger partial charge in [-0.2, -0.15) is 5.53 Å². The molecule has 0 amide bonds. The molecule has 0 spiro atoms. The van der Waals surface area contributed by atoms with Crippen molar-refractivity contribution in [2.45, 2.75) is 20.3 Å². The number of nitrogens with zero attached hydrogens (tertiary/aromatic N) is 1. The lowest BCUT2D eigenvalue weighted by Crippen LogP contribution is -2.47. The monoisotopic (exact) mass is 301 g/mol. The zero-order valence-corrected chi connectivity index (χ0v) is 12.3. The van der Waals surface area contributed by atoms with Gasteiger partial charge in [0.15, 0.2) is 11.3 Å². The van der Waals surface area contributed by atoms with Gasteiger partial charge in [-0.05, 0) is 19.4 Å². The highest BCUT2D eigenvalue weighted by molar-refractivity contribution is 7.82. The highest BCUT2D eigenvalue weighted by Gasteiger charge is 2.23. The Balaban J connectivity index is 3.23. The van der Waals surface area contributed by atoms with Gasteiger partial charge in [0, 0.05) is 4.88 Å². The van der Waals surface area contributed by atoms with Crippen LogP contribution in [0, 0.1) is 0 Å². The third-order valence-electron chi connectivity index (χ3n) is 2.26. The second kappa shape index (κ2) is 7.29. The zero-order chi connectivity index (χ0) is 14.4. The molecule has 0 radical (unpaired) electrons. The van der Waals surface area contributed by atoms with Crippen LogP contribution in [0.3, 0.4) is 0 Å². The summed E-state index contributed by atoms with van der Waals surface area (Å²) >= 11 is 6.21. The molecule has 0 saturated heterocycles. The summed E-state index contributed by atoms with van der Waals surface area (Å²) in [4.78, 5) is 23.6. The number of anilines is 1. The normalized spacial score (nSPS) is 10.1. The standard InChI is InChI=1S/C11H15N3O3S2/c1-3-7-5-8(11(16)17-4-2)10(19-7)14(13-12)9(18)6-15/h5-6,13H,3-4,12H2,1-2H3. The Hall–Kier alpha value is -1.35. The third-order valence-corrected chi connectivity index (χ3v) is 3.80. The van der Waals surface area contributed by atoms with Gasteiger partial charge in [0.2, 0.25) is 0 Å². The molecule has 1 aromatic rings. The zero-order valence-electron chi connectivity index (χ0n) is 10.6. The Bertz CT molecular complexity index is 488. The average Bonchev–Trinajstić information content (AvgIpc) is 2.83. The molecular weight excluding hydrogens is 286 g/mol. The van der Waals surface area contributed by atoms with E-state index in [0.717, 1.165) is 11.3 Å². The van der Waals surface area contributed by atoms with Crippen LogP contribution < -0.4 is 16.4 Å². The van der Waals surface area contributed by atoms with E-state index in [2.05, 4.69) is 5.53 Å². The highest BCUT2D eigenvalue weighted by atomic mass is 32.1. The number of thiophene rings is 1. The summed E-state index contributed by atoms with van der Waals surface area (Å²) in [6.07, 6.45) is 1.23. The summed E-state index contributed by atoms with van der Waals surface area (Å²) in [5, 5.41) is 1.65. The molecule has 3 N–H and O–H groups in total. The summed E-state index contributed by atoms with van der Waals surface area (Å²) in [7, 11) is 0. The van der Waals surface area contributed by atoms with Gasteiger partial charge in [0.05, 0.1) is 12.2 Å². The molecule has 1 heterocycles. The van der Waals surface area contributed by atoms with Crippen molar-refractivity contribution >= 4 is 45.8 Å². The molecule has 0 fully saturated rings. The number of hydrogen-bond acceptors (Lipinski definition) is 7. The molecule has 8 heteroatoms. The van der Waals surface area contributed by atoms with E-state index in [1.807, 2.05) is 6.92 Å². The maximum absolute atomic E-state index is 11.9. The Morgan fingerprint density at radius 3 is 2.79 bits per heavy atom. The summed E-state index contributed by atoms with van der Waals surface area (Å²) < 4.78 is 4.98. The van der Waals surface area contributed by atoms with Gasteiger partial charge in [0.25, 0.3) is 0 Å². The molecule has 104 valence electrons.